The van der Waals surface area contributed by atoms with Crippen molar-refractivity contribution in [1.29, 1.82) is 0 Å². The number of aromatic nitrogens is 1. The van der Waals surface area contributed by atoms with Crippen molar-refractivity contribution in [3.63, 3.8) is 0 Å². The molecule has 0 radical (unpaired) electrons. The fourth-order valence-electron chi connectivity index (χ4n) is 5.03. The molecule has 1 aliphatic rings. The summed E-state index contributed by atoms with van der Waals surface area (Å²) in [6.07, 6.45) is 7.24. The normalized spacial score (nSPS) is 15.4. The molecule has 4 nitrogen and oxygen atoms in total. The maximum atomic E-state index is 11.8. The molecule has 6 heteroatoms. The Labute approximate surface area is 245 Å². The number of pyridine rings is 1. The number of aryl methyl sites for hydroxylation is 1. The molecule has 0 spiro atoms. The van der Waals surface area contributed by atoms with Crippen LogP contribution >= 0.6 is 23.4 Å². The molecule has 0 amide bonds. The predicted octanol–water partition coefficient (Wildman–Crippen LogP) is 8.56. The van der Waals surface area contributed by atoms with Crippen molar-refractivity contribution < 1.29 is 15.0 Å². The van der Waals surface area contributed by atoms with Gasteiger partial charge in [0.1, 0.15) is 0 Å². The summed E-state index contributed by atoms with van der Waals surface area (Å²) in [6, 6.07) is 26.3. The van der Waals surface area contributed by atoms with Crippen LogP contribution in [0.5, 0.6) is 0 Å². The zero-order chi connectivity index (χ0) is 28.3. The molecule has 1 aromatic heterocycles. The van der Waals surface area contributed by atoms with Gasteiger partial charge in [0.2, 0.25) is 0 Å². The number of rotatable bonds is 11. The minimum Gasteiger partial charge on any atom is -0.481 e. The topological polar surface area (TPSA) is 70.4 Å². The number of carboxylic acid groups (broad SMARTS) is 1. The van der Waals surface area contributed by atoms with E-state index >= 15 is 0 Å². The molecule has 0 unspecified atom stereocenters. The van der Waals surface area contributed by atoms with Crippen LogP contribution in [0.15, 0.2) is 78.9 Å². The van der Waals surface area contributed by atoms with Gasteiger partial charge in [0.25, 0.3) is 0 Å². The summed E-state index contributed by atoms with van der Waals surface area (Å²) in [5.74, 6) is -0.113. The van der Waals surface area contributed by atoms with E-state index < -0.39 is 17.0 Å². The highest BCUT2D eigenvalue weighted by molar-refractivity contribution is 7.99. The van der Waals surface area contributed by atoms with Gasteiger partial charge in [-0.2, -0.15) is 11.8 Å². The molecule has 1 atom stereocenters. The Morgan fingerprint density at radius 3 is 2.58 bits per heavy atom. The molecule has 0 aliphatic heterocycles. The van der Waals surface area contributed by atoms with E-state index in [0.717, 1.165) is 59.0 Å². The number of halogens is 1. The lowest BCUT2D eigenvalue weighted by Gasteiger charge is -2.27. The van der Waals surface area contributed by atoms with Gasteiger partial charge >= 0.3 is 5.97 Å². The quantitative estimate of drug-likeness (QED) is 0.189. The first-order valence-corrected chi connectivity index (χ1v) is 15.1. The Bertz CT molecular complexity index is 1550. The van der Waals surface area contributed by atoms with Crippen molar-refractivity contribution in [1.82, 2.24) is 4.98 Å². The second-order valence-electron chi connectivity index (χ2n) is 11.2. The summed E-state index contributed by atoms with van der Waals surface area (Å²) in [5, 5.41) is 22.4. The van der Waals surface area contributed by atoms with E-state index in [0.29, 0.717) is 10.8 Å². The maximum Gasteiger partial charge on any atom is 0.310 e. The number of hydrogen-bond donors (Lipinski definition) is 2. The first-order valence-electron chi connectivity index (χ1n) is 13.6. The number of nitrogens with zero attached hydrogens (tertiary/aromatic N) is 1. The summed E-state index contributed by atoms with van der Waals surface area (Å²) >= 11 is 7.86. The largest absolute Gasteiger partial charge is 0.481 e. The van der Waals surface area contributed by atoms with Gasteiger partial charge in [-0.1, -0.05) is 78.3 Å². The SMILES string of the molecule is CC(C)(O)c1ccccc1[C@H](CCc1cccc(/C=C/c2ccc3ccc(Cl)cc3n2)c1)SCC1(C(=O)O)CC1. The van der Waals surface area contributed by atoms with Crippen LogP contribution in [0.1, 0.15) is 66.3 Å². The van der Waals surface area contributed by atoms with Gasteiger partial charge in [-0.05, 0) is 86.1 Å². The van der Waals surface area contributed by atoms with Crippen LogP contribution in [0.2, 0.25) is 5.02 Å². The van der Waals surface area contributed by atoms with Gasteiger partial charge in [0.05, 0.1) is 22.2 Å². The van der Waals surface area contributed by atoms with Crippen molar-refractivity contribution >= 4 is 52.4 Å². The molecule has 5 rings (SSSR count). The van der Waals surface area contributed by atoms with E-state index in [1.807, 2.05) is 68.5 Å². The van der Waals surface area contributed by atoms with E-state index in [2.05, 4.69) is 36.4 Å². The third kappa shape index (κ3) is 6.77. The lowest BCUT2D eigenvalue weighted by molar-refractivity contribution is -0.142. The molecular weight excluding hydrogens is 538 g/mol. The Balaban J connectivity index is 1.33. The van der Waals surface area contributed by atoms with Gasteiger partial charge in [-0.25, -0.2) is 4.98 Å². The zero-order valence-electron chi connectivity index (χ0n) is 22.8. The summed E-state index contributed by atoms with van der Waals surface area (Å²) in [6.45, 7) is 3.62. The minimum absolute atomic E-state index is 0.0762. The van der Waals surface area contributed by atoms with Crippen molar-refractivity contribution in [3.8, 4) is 0 Å². The first kappa shape index (κ1) is 28.4. The van der Waals surface area contributed by atoms with E-state index in [9.17, 15) is 15.0 Å². The number of thioether (sulfide) groups is 1. The van der Waals surface area contributed by atoms with Crippen molar-refractivity contribution in [2.75, 3.05) is 5.75 Å². The number of fused-ring (bicyclic) bond motifs is 1. The van der Waals surface area contributed by atoms with Crippen LogP contribution in [0.4, 0.5) is 0 Å². The monoisotopic (exact) mass is 571 g/mol. The van der Waals surface area contributed by atoms with Crippen LogP contribution < -0.4 is 0 Å². The van der Waals surface area contributed by atoms with Crippen molar-refractivity contribution in [3.05, 3.63) is 112 Å². The van der Waals surface area contributed by atoms with Gasteiger partial charge in [-0.15, -0.1) is 0 Å². The molecule has 0 saturated heterocycles. The number of aliphatic carboxylic acids is 1. The van der Waals surface area contributed by atoms with Crippen LogP contribution in [-0.2, 0) is 16.8 Å². The van der Waals surface area contributed by atoms with Crippen molar-refractivity contribution in [2.24, 2.45) is 5.41 Å². The molecule has 2 N–H and O–H groups in total. The molecule has 40 heavy (non-hydrogen) atoms. The summed E-state index contributed by atoms with van der Waals surface area (Å²) in [5.41, 5.74) is 4.45. The zero-order valence-corrected chi connectivity index (χ0v) is 24.4. The third-order valence-corrected chi connectivity index (χ3v) is 9.45. The van der Waals surface area contributed by atoms with Gasteiger partial charge in [0, 0.05) is 21.4 Å². The number of carboxylic acids is 1. The molecule has 1 aliphatic carbocycles. The molecule has 4 aromatic rings. The third-order valence-electron chi connectivity index (χ3n) is 7.60. The highest BCUT2D eigenvalue weighted by Crippen LogP contribution is 2.51. The first-order chi connectivity index (χ1) is 19.1. The molecule has 1 heterocycles. The Morgan fingerprint density at radius 2 is 1.82 bits per heavy atom. The fraction of sp³-hybridized carbons (Fsp3) is 0.294. The second-order valence-corrected chi connectivity index (χ2v) is 12.8. The Kier molecular flexibility index (Phi) is 8.37. The average molecular weight is 572 g/mol. The lowest BCUT2D eigenvalue weighted by atomic mass is 9.90. The Hall–Kier alpha value is -3.12. The maximum absolute atomic E-state index is 11.8. The summed E-state index contributed by atoms with van der Waals surface area (Å²) in [4.78, 5) is 16.6. The van der Waals surface area contributed by atoms with Gasteiger partial charge in [-0.3, -0.25) is 4.79 Å². The van der Waals surface area contributed by atoms with Crippen molar-refractivity contribution in [2.45, 2.75) is 50.4 Å². The number of aliphatic hydroxyl groups is 1. The molecule has 1 fully saturated rings. The highest BCUT2D eigenvalue weighted by Gasteiger charge is 2.50. The molecule has 0 bridgehead atoms. The Morgan fingerprint density at radius 1 is 1.05 bits per heavy atom. The van der Waals surface area contributed by atoms with E-state index in [-0.39, 0.29) is 5.25 Å². The van der Waals surface area contributed by atoms with E-state index in [1.54, 1.807) is 11.8 Å². The molecule has 206 valence electrons. The van der Waals surface area contributed by atoms with Crippen LogP contribution in [0, 0.1) is 5.41 Å². The highest BCUT2D eigenvalue weighted by atomic mass is 35.5. The molecular formula is C34H34ClNO3S. The lowest BCUT2D eigenvalue weighted by Crippen LogP contribution is -2.21. The van der Waals surface area contributed by atoms with Crippen LogP contribution in [0.25, 0.3) is 23.1 Å². The van der Waals surface area contributed by atoms with E-state index in [4.69, 9.17) is 16.6 Å². The number of hydrogen-bond acceptors (Lipinski definition) is 4. The summed E-state index contributed by atoms with van der Waals surface area (Å²) < 4.78 is 0. The fourth-order valence-corrected chi connectivity index (χ4v) is 6.79. The van der Waals surface area contributed by atoms with Crippen LogP contribution in [-0.4, -0.2) is 26.9 Å². The number of carbonyl (C=O) groups is 1. The second kappa shape index (κ2) is 11.8. The minimum atomic E-state index is -0.980. The van der Waals surface area contributed by atoms with Gasteiger partial charge < -0.3 is 10.2 Å². The van der Waals surface area contributed by atoms with Crippen LogP contribution in [0.3, 0.4) is 0 Å². The molecule has 1 saturated carbocycles. The predicted molar refractivity (Wildman–Crippen MR) is 167 cm³/mol. The molecule has 3 aromatic carbocycles. The smallest absolute Gasteiger partial charge is 0.310 e. The average Bonchev–Trinajstić information content (AvgIpc) is 3.73. The van der Waals surface area contributed by atoms with E-state index in [1.165, 1.54) is 5.56 Å². The summed E-state index contributed by atoms with van der Waals surface area (Å²) in [7, 11) is 0. The number of benzene rings is 3. The van der Waals surface area contributed by atoms with Gasteiger partial charge in [0.15, 0.2) is 0 Å². The standard InChI is InChI=1S/C34H34ClNO3S/c1-33(2,39)29-9-4-3-8-28(29)31(40-22-34(18-19-34)32(37)38)17-11-24-7-5-6-23(20-24)10-15-27-16-13-25-12-14-26(35)21-30(25)36-27/h3-10,12-16,20-21,31,39H,11,17-19,22H2,1-2H3,(H,37,38)/b15-10+/t31-/m0/s1.